The number of rotatable bonds is 15. The molecule has 1 aromatic carbocycles. The van der Waals surface area contributed by atoms with Gasteiger partial charge in [0.05, 0.1) is 12.3 Å². The van der Waals surface area contributed by atoms with Crippen LogP contribution in [0.5, 0.6) is 5.75 Å². The van der Waals surface area contributed by atoms with Crippen LogP contribution >= 0.6 is 0 Å². The minimum absolute atomic E-state index is 0. The Kier molecular flexibility index (Phi) is 16.2. The van der Waals surface area contributed by atoms with Gasteiger partial charge in [-0.15, -0.1) is 5.75 Å². The summed E-state index contributed by atoms with van der Waals surface area (Å²) in [5.74, 6) is -0.562. The first-order chi connectivity index (χ1) is 12.9. The fraction of sp³-hybridized carbons (Fsp3) is 0.667. The zero-order valence-corrected chi connectivity index (χ0v) is 20.3. The molecule has 28 heavy (non-hydrogen) atoms. The van der Waals surface area contributed by atoms with Gasteiger partial charge in [0.25, 0.3) is 10.1 Å². The van der Waals surface area contributed by atoms with Gasteiger partial charge in [0, 0.05) is 6.21 Å². The predicted molar refractivity (Wildman–Crippen MR) is 110 cm³/mol. The Hall–Kier alpha value is -0.400. The van der Waals surface area contributed by atoms with Gasteiger partial charge in [-0.25, -0.2) is 0 Å². The summed E-state index contributed by atoms with van der Waals surface area (Å²) < 4.78 is 30.0. The van der Waals surface area contributed by atoms with E-state index >= 15 is 0 Å². The molecule has 0 saturated carbocycles. The van der Waals surface area contributed by atoms with Crippen LogP contribution in [0.3, 0.4) is 0 Å². The monoisotopic (exact) mass is 419 g/mol. The van der Waals surface area contributed by atoms with Crippen molar-refractivity contribution >= 4 is 16.3 Å². The number of hydrogen-bond acceptors (Lipinski definition) is 4. The van der Waals surface area contributed by atoms with Crippen molar-refractivity contribution < 1.29 is 47.6 Å². The second-order valence-corrected chi connectivity index (χ2v) is 8.70. The molecular weight excluding hydrogens is 385 g/mol. The molecule has 0 aromatic heterocycles. The summed E-state index contributed by atoms with van der Waals surface area (Å²) in [6.07, 6.45) is 15.3. The van der Waals surface area contributed by atoms with Crippen LogP contribution in [0.15, 0.2) is 23.2 Å². The van der Waals surface area contributed by atoms with Crippen LogP contribution in [-0.2, 0) is 16.5 Å². The molecule has 0 saturated heterocycles. The van der Waals surface area contributed by atoms with E-state index in [-0.39, 0.29) is 41.9 Å². The van der Waals surface area contributed by atoms with E-state index in [0.29, 0.717) is 5.56 Å². The third-order valence-corrected chi connectivity index (χ3v) is 5.30. The van der Waals surface area contributed by atoms with Gasteiger partial charge in [-0.1, -0.05) is 82.9 Å². The summed E-state index contributed by atoms with van der Waals surface area (Å²) >= 11 is 0. The number of benzene rings is 1. The third kappa shape index (κ3) is 14.6. The molecule has 0 aliphatic carbocycles. The first-order valence-corrected chi connectivity index (χ1v) is 11.8. The molecule has 154 valence electrons. The summed E-state index contributed by atoms with van der Waals surface area (Å²) in [5, 5.41) is 11.8. The Morgan fingerprint density at radius 2 is 1.57 bits per heavy atom. The molecule has 0 aliphatic heterocycles. The van der Waals surface area contributed by atoms with Gasteiger partial charge >= 0.3 is 29.6 Å². The Bertz CT molecular complexity index is 662. The molecule has 0 unspecified atom stereocenters. The van der Waals surface area contributed by atoms with Crippen molar-refractivity contribution in [1.82, 2.24) is 0 Å². The van der Waals surface area contributed by atoms with Crippen LogP contribution in [0.25, 0.3) is 0 Å². The molecule has 0 bridgehead atoms. The molecule has 0 aliphatic rings. The number of aryl methyl sites for hydroxylation is 1. The first kappa shape index (κ1) is 27.6. The van der Waals surface area contributed by atoms with Gasteiger partial charge in [0.2, 0.25) is 0 Å². The quantitative estimate of drug-likeness (QED) is 0.202. The molecule has 0 fully saturated rings. The van der Waals surface area contributed by atoms with E-state index in [1.807, 2.05) is 12.1 Å². The van der Waals surface area contributed by atoms with E-state index in [4.69, 9.17) is 4.55 Å². The molecule has 0 radical (unpaired) electrons. The maximum Gasteiger partial charge on any atom is 1.00 e. The standard InChI is InChI=1S/C21H35NO4S.Na/c1-2-3-4-5-6-7-8-9-10-11-12-19-13-14-21(23)20(17-19)18-22-15-16-27(24,25)26;/h13-14,17-18,23H,2-12,15-16H2,1H3,(H,24,25,26);/q;+1/p-1. The summed E-state index contributed by atoms with van der Waals surface area (Å²) in [4.78, 5) is 3.92. The van der Waals surface area contributed by atoms with Crippen molar-refractivity contribution in [2.45, 2.75) is 77.6 Å². The molecule has 1 N–H and O–H groups in total. The molecule has 5 nitrogen and oxygen atoms in total. The third-order valence-electron chi connectivity index (χ3n) is 4.60. The number of nitrogens with zero attached hydrogens (tertiary/aromatic N) is 1. The zero-order valence-electron chi connectivity index (χ0n) is 17.5. The molecule has 1 rings (SSSR count). The SMILES string of the molecule is CCCCCCCCCCCCc1ccc([O-])c(C=NCCS(=O)(=O)O)c1.[Na+]. The molecule has 7 heteroatoms. The van der Waals surface area contributed by atoms with Crippen molar-refractivity contribution in [1.29, 1.82) is 0 Å². The smallest absolute Gasteiger partial charge is 0.872 e. The predicted octanol–water partition coefficient (Wildman–Crippen LogP) is 1.53. The second-order valence-electron chi connectivity index (χ2n) is 7.13. The van der Waals surface area contributed by atoms with Gasteiger partial charge in [-0.3, -0.25) is 9.55 Å². The first-order valence-electron chi connectivity index (χ1n) is 10.2. The van der Waals surface area contributed by atoms with Crippen molar-refractivity contribution in [3.05, 3.63) is 29.3 Å². The fourth-order valence-electron chi connectivity index (χ4n) is 3.00. The summed E-state index contributed by atoms with van der Waals surface area (Å²) in [5.41, 5.74) is 1.57. The van der Waals surface area contributed by atoms with Crippen LogP contribution in [0, 0.1) is 0 Å². The molecule has 0 heterocycles. The van der Waals surface area contributed by atoms with Crippen molar-refractivity contribution in [3.63, 3.8) is 0 Å². The van der Waals surface area contributed by atoms with Gasteiger partial charge < -0.3 is 5.11 Å². The van der Waals surface area contributed by atoms with E-state index < -0.39 is 15.9 Å². The average molecular weight is 420 g/mol. The van der Waals surface area contributed by atoms with Gasteiger partial charge in [-0.2, -0.15) is 8.42 Å². The molecule has 1 aromatic rings. The molecule has 0 spiro atoms. The summed E-state index contributed by atoms with van der Waals surface area (Å²) in [6.45, 7) is 2.19. The van der Waals surface area contributed by atoms with Crippen LogP contribution in [0.2, 0.25) is 0 Å². The number of aliphatic imine (C=N–C) groups is 1. The molecule has 0 atom stereocenters. The van der Waals surface area contributed by atoms with Gasteiger partial charge in [0.1, 0.15) is 0 Å². The van der Waals surface area contributed by atoms with Crippen LogP contribution in [-0.4, -0.2) is 31.5 Å². The number of unbranched alkanes of at least 4 members (excludes halogenated alkanes) is 9. The van der Waals surface area contributed by atoms with E-state index in [2.05, 4.69) is 11.9 Å². The average Bonchev–Trinajstić information content (AvgIpc) is 2.61. The summed E-state index contributed by atoms with van der Waals surface area (Å²) in [7, 11) is -4.02. The normalized spacial score (nSPS) is 11.6. The van der Waals surface area contributed by atoms with E-state index in [0.717, 1.165) is 18.4 Å². The topological polar surface area (TPSA) is 89.8 Å². The van der Waals surface area contributed by atoms with E-state index in [1.165, 1.54) is 70.1 Å². The van der Waals surface area contributed by atoms with Gasteiger partial charge in [0.15, 0.2) is 0 Å². The molecule has 0 amide bonds. The van der Waals surface area contributed by atoms with Crippen molar-refractivity contribution in [2.75, 3.05) is 12.3 Å². The second kappa shape index (κ2) is 16.4. The Labute approximate surface area is 193 Å². The number of hydrogen-bond donors (Lipinski definition) is 1. The largest absolute Gasteiger partial charge is 1.00 e. The van der Waals surface area contributed by atoms with Crippen LogP contribution in [0.1, 0.15) is 82.3 Å². The minimum atomic E-state index is -4.02. The zero-order chi connectivity index (χ0) is 20.0. The van der Waals surface area contributed by atoms with Crippen molar-refractivity contribution in [3.8, 4) is 5.75 Å². The Morgan fingerprint density at radius 3 is 2.14 bits per heavy atom. The Morgan fingerprint density at radius 1 is 1.00 bits per heavy atom. The van der Waals surface area contributed by atoms with Crippen molar-refractivity contribution in [2.24, 2.45) is 4.99 Å². The van der Waals surface area contributed by atoms with Crippen LogP contribution < -0.4 is 34.7 Å². The van der Waals surface area contributed by atoms with E-state index in [1.54, 1.807) is 0 Å². The fourth-order valence-corrected chi connectivity index (χ4v) is 3.34. The minimum Gasteiger partial charge on any atom is -0.872 e. The maximum atomic E-state index is 11.8. The van der Waals surface area contributed by atoms with Crippen LogP contribution in [0.4, 0.5) is 0 Å². The van der Waals surface area contributed by atoms with Gasteiger partial charge in [-0.05, 0) is 24.0 Å². The van der Waals surface area contributed by atoms with E-state index in [9.17, 15) is 13.5 Å². The summed E-state index contributed by atoms with van der Waals surface area (Å²) in [6, 6.07) is 5.22. The molecular formula is C21H34NNaO4S. The maximum absolute atomic E-state index is 11.8. The Balaban J connectivity index is 0.00000729.